The van der Waals surface area contributed by atoms with Crippen molar-refractivity contribution in [2.75, 3.05) is 13.1 Å². The van der Waals surface area contributed by atoms with Gasteiger partial charge in [0.25, 0.3) is 0 Å². The summed E-state index contributed by atoms with van der Waals surface area (Å²) in [6.45, 7) is -0.111. The first kappa shape index (κ1) is 27.5. The fourth-order valence-corrected chi connectivity index (χ4v) is 2.80. The summed E-state index contributed by atoms with van der Waals surface area (Å²) < 4.78 is 0. The number of aromatic nitrogens is 2. The molecular weight excluding hydrogens is 438 g/mol. The minimum Gasteiger partial charge on any atom is -0.481 e. The SMILES string of the molecule is NCCCCC(NC(=O)CNC(=O)C(Cc1cnc[nH]1)NC(=O)C(N)CCC(=O)O)C(=O)O. The Morgan fingerprint density at radius 3 is 2.33 bits per heavy atom. The van der Waals surface area contributed by atoms with Gasteiger partial charge >= 0.3 is 11.9 Å². The third kappa shape index (κ3) is 11.1. The van der Waals surface area contributed by atoms with Crippen LogP contribution in [-0.4, -0.2) is 81.1 Å². The fraction of sp³-hybridized carbons (Fsp3) is 0.579. The van der Waals surface area contributed by atoms with Gasteiger partial charge in [-0.2, -0.15) is 0 Å². The summed E-state index contributed by atoms with van der Waals surface area (Å²) in [5.74, 6) is -4.47. The number of unbranched alkanes of at least 4 members (excludes halogenated alkanes) is 1. The van der Waals surface area contributed by atoms with E-state index in [1.165, 1.54) is 12.5 Å². The standard InChI is InChI=1S/C19H31N7O7/c20-6-2-1-3-13(19(32)33)25-15(27)9-23-18(31)14(7-11-8-22-10-24-11)26-17(30)12(21)4-5-16(28)29/h8,10,12-14H,1-7,9,20-21H2,(H,22,24)(H,23,31)(H,25,27)(H,26,30)(H,28,29)(H,32,33). The minimum atomic E-state index is -1.20. The Morgan fingerprint density at radius 2 is 1.76 bits per heavy atom. The predicted molar refractivity (Wildman–Crippen MR) is 115 cm³/mol. The summed E-state index contributed by atoms with van der Waals surface area (Å²) in [6.07, 6.45) is 3.71. The molecule has 14 nitrogen and oxygen atoms in total. The normalized spacial score (nSPS) is 13.4. The van der Waals surface area contributed by atoms with E-state index in [4.69, 9.17) is 16.6 Å². The molecule has 0 spiro atoms. The summed E-state index contributed by atoms with van der Waals surface area (Å²) in [4.78, 5) is 65.6. The van der Waals surface area contributed by atoms with Crippen molar-refractivity contribution in [2.24, 2.45) is 11.5 Å². The second-order valence-electron chi connectivity index (χ2n) is 7.34. The molecule has 0 aliphatic heterocycles. The van der Waals surface area contributed by atoms with E-state index in [0.717, 1.165) is 0 Å². The van der Waals surface area contributed by atoms with E-state index in [9.17, 15) is 29.1 Å². The first-order chi connectivity index (χ1) is 15.6. The molecule has 0 saturated heterocycles. The number of imidazole rings is 1. The number of H-pyrrole nitrogens is 1. The van der Waals surface area contributed by atoms with E-state index in [-0.39, 0.29) is 25.7 Å². The predicted octanol–water partition coefficient (Wildman–Crippen LogP) is -2.56. The topological polar surface area (TPSA) is 243 Å². The molecule has 0 radical (unpaired) electrons. The van der Waals surface area contributed by atoms with Crippen molar-refractivity contribution in [3.05, 3.63) is 18.2 Å². The van der Waals surface area contributed by atoms with E-state index in [0.29, 0.717) is 25.1 Å². The lowest BCUT2D eigenvalue weighted by atomic mass is 10.1. The van der Waals surface area contributed by atoms with Crippen LogP contribution in [0.2, 0.25) is 0 Å². The minimum absolute atomic E-state index is 0.00167. The van der Waals surface area contributed by atoms with Gasteiger partial charge in [-0.3, -0.25) is 19.2 Å². The number of carbonyl (C=O) groups is 5. The number of carbonyl (C=O) groups excluding carboxylic acids is 3. The Bertz CT molecular complexity index is 800. The summed E-state index contributed by atoms with van der Waals surface area (Å²) in [5, 5.41) is 25.1. The van der Waals surface area contributed by atoms with Gasteiger partial charge < -0.3 is 42.6 Å². The number of nitrogens with zero attached hydrogens (tertiary/aromatic N) is 1. The molecule has 3 atom stereocenters. The lowest BCUT2D eigenvalue weighted by molar-refractivity contribution is -0.142. The summed E-state index contributed by atoms with van der Waals surface area (Å²) >= 11 is 0. The zero-order valence-electron chi connectivity index (χ0n) is 18.1. The molecule has 14 heteroatoms. The molecule has 33 heavy (non-hydrogen) atoms. The molecule has 1 aromatic heterocycles. The van der Waals surface area contributed by atoms with Crippen LogP contribution in [0.15, 0.2) is 12.5 Å². The molecule has 0 saturated carbocycles. The molecule has 1 heterocycles. The molecule has 0 aliphatic carbocycles. The van der Waals surface area contributed by atoms with Gasteiger partial charge in [-0.05, 0) is 32.2 Å². The number of carboxylic acid groups (broad SMARTS) is 2. The molecule has 0 bridgehead atoms. The van der Waals surface area contributed by atoms with Gasteiger partial charge in [0, 0.05) is 24.7 Å². The molecule has 0 aliphatic rings. The van der Waals surface area contributed by atoms with E-state index in [2.05, 4.69) is 25.9 Å². The van der Waals surface area contributed by atoms with E-state index in [1.807, 2.05) is 0 Å². The average Bonchev–Trinajstić information content (AvgIpc) is 3.27. The van der Waals surface area contributed by atoms with Crippen molar-refractivity contribution < 1.29 is 34.2 Å². The van der Waals surface area contributed by atoms with Crippen LogP contribution in [0.1, 0.15) is 37.8 Å². The summed E-state index contributed by atoms with van der Waals surface area (Å²) in [7, 11) is 0. The lowest BCUT2D eigenvalue weighted by Crippen LogP contribution is -2.54. The Hall–Kier alpha value is -3.52. The lowest BCUT2D eigenvalue weighted by Gasteiger charge is -2.20. The third-order valence-electron chi connectivity index (χ3n) is 4.62. The van der Waals surface area contributed by atoms with E-state index >= 15 is 0 Å². The Balaban J connectivity index is 2.69. The maximum atomic E-state index is 12.6. The fourth-order valence-electron chi connectivity index (χ4n) is 2.80. The molecular formula is C19H31N7O7. The Labute approximate surface area is 189 Å². The highest BCUT2D eigenvalue weighted by atomic mass is 16.4. The van der Waals surface area contributed by atoms with Gasteiger partial charge in [-0.25, -0.2) is 9.78 Å². The number of amides is 3. The van der Waals surface area contributed by atoms with Gasteiger partial charge in [-0.1, -0.05) is 0 Å². The average molecular weight is 469 g/mol. The van der Waals surface area contributed by atoms with Crippen LogP contribution < -0.4 is 27.4 Å². The Kier molecular flexibility index (Phi) is 12.1. The zero-order valence-corrected chi connectivity index (χ0v) is 18.1. The van der Waals surface area contributed by atoms with Crippen molar-refractivity contribution >= 4 is 29.7 Å². The molecule has 0 aromatic carbocycles. The Morgan fingerprint density at radius 1 is 1.03 bits per heavy atom. The number of rotatable bonds is 16. The molecule has 3 amide bonds. The maximum absolute atomic E-state index is 12.6. The number of aromatic amines is 1. The molecule has 3 unspecified atom stereocenters. The van der Waals surface area contributed by atoms with Crippen molar-refractivity contribution in [3.63, 3.8) is 0 Å². The van der Waals surface area contributed by atoms with Crippen molar-refractivity contribution in [2.45, 2.75) is 56.7 Å². The first-order valence-corrected chi connectivity index (χ1v) is 10.4. The second-order valence-corrected chi connectivity index (χ2v) is 7.34. The largest absolute Gasteiger partial charge is 0.481 e. The molecule has 1 rings (SSSR count). The van der Waals surface area contributed by atoms with Gasteiger partial charge in [0.2, 0.25) is 17.7 Å². The number of hydrogen-bond donors (Lipinski definition) is 8. The quantitative estimate of drug-likeness (QED) is 0.118. The van der Waals surface area contributed by atoms with Crippen molar-refractivity contribution in [3.8, 4) is 0 Å². The number of nitrogens with one attached hydrogen (secondary N) is 4. The van der Waals surface area contributed by atoms with Crippen LogP contribution in [0.25, 0.3) is 0 Å². The summed E-state index contributed by atoms with van der Waals surface area (Å²) in [5.41, 5.74) is 11.6. The monoisotopic (exact) mass is 469 g/mol. The molecule has 1 aromatic rings. The van der Waals surface area contributed by atoms with E-state index in [1.54, 1.807) is 0 Å². The van der Waals surface area contributed by atoms with Gasteiger partial charge in [0.15, 0.2) is 0 Å². The molecule has 10 N–H and O–H groups in total. The van der Waals surface area contributed by atoms with Crippen LogP contribution in [0.3, 0.4) is 0 Å². The summed E-state index contributed by atoms with van der Waals surface area (Å²) in [6, 6.07) is -3.40. The van der Waals surface area contributed by atoms with Crippen molar-refractivity contribution in [1.29, 1.82) is 0 Å². The number of aliphatic carboxylic acids is 2. The zero-order chi connectivity index (χ0) is 24.8. The molecule has 184 valence electrons. The number of hydrogen-bond acceptors (Lipinski definition) is 8. The van der Waals surface area contributed by atoms with Crippen LogP contribution in [0, 0.1) is 0 Å². The smallest absolute Gasteiger partial charge is 0.326 e. The highest BCUT2D eigenvalue weighted by molar-refractivity contribution is 5.92. The van der Waals surface area contributed by atoms with Gasteiger partial charge in [-0.15, -0.1) is 0 Å². The highest BCUT2D eigenvalue weighted by Gasteiger charge is 2.26. The van der Waals surface area contributed by atoms with Crippen LogP contribution in [0.4, 0.5) is 0 Å². The highest BCUT2D eigenvalue weighted by Crippen LogP contribution is 2.03. The van der Waals surface area contributed by atoms with Gasteiger partial charge in [0.1, 0.15) is 12.1 Å². The number of nitrogens with two attached hydrogens (primary N) is 2. The third-order valence-corrected chi connectivity index (χ3v) is 4.62. The second kappa shape index (κ2) is 14.5. The van der Waals surface area contributed by atoms with Gasteiger partial charge in [0.05, 0.1) is 18.9 Å². The maximum Gasteiger partial charge on any atom is 0.326 e. The number of carboxylic acids is 2. The van der Waals surface area contributed by atoms with E-state index < -0.39 is 54.3 Å². The van der Waals surface area contributed by atoms with Crippen LogP contribution in [-0.2, 0) is 30.4 Å². The van der Waals surface area contributed by atoms with Crippen LogP contribution >= 0.6 is 0 Å². The van der Waals surface area contributed by atoms with Crippen LogP contribution in [0.5, 0.6) is 0 Å². The van der Waals surface area contributed by atoms with Crippen molar-refractivity contribution in [1.82, 2.24) is 25.9 Å². The molecule has 0 fully saturated rings. The first-order valence-electron chi connectivity index (χ1n) is 10.4.